The van der Waals surface area contributed by atoms with Crippen molar-refractivity contribution in [2.45, 2.75) is 5.75 Å². The predicted molar refractivity (Wildman–Crippen MR) is 92.5 cm³/mol. The van der Waals surface area contributed by atoms with Crippen LogP contribution in [-0.2, 0) is 10.5 Å². The van der Waals surface area contributed by atoms with E-state index in [1.165, 1.54) is 12.1 Å². The summed E-state index contributed by atoms with van der Waals surface area (Å²) in [4.78, 5) is 11.6. The van der Waals surface area contributed by atoms with E-state index in [0.717, 1.165) is 22.1 Å². The first-order valence-corrected chi connectivity index (χ1v) is 8.64. The van der Waals surface area contributed by atoms with Crippen molar-refractivity contribution < 1.29 is 13.9 Å². The van der Waals surface area contributed by atoms with Gasteiger partial charge in [0.05, 0.1) is 0 Å². The first-order valence-electron chi connectivity index (χ1n) is 7.11. The lowest BCUT2D eigenvalue weighted by Crippen LogP contribution is -2.30. The monoisotopic (exact) mass is 353 g/mol. The molecule has 0 atom stereocenters. The molecule has 0 spiro atoms. The summed E-state index contributed by atoms with van der Waals surface area (Å²) >= 11 is 7.62. The topological polar surface area (TPSA) is 38.3 Å². The fraction of sp³-hybridized carbons (Fsp3) is 0.235. The summed E-state index contributed by atoms with van der Waals surface area (Å²) in [7, 11) is 0. The minimum Gasteiger partial charge on any atom is -0.481 e. The molecule has 0 saturated carbocycles. The second-order valence-electron chi connectivity index (χ2n) is 4.75. The van der Waals surface area contributed by atoms with Gasteiger partial charge in [-0.1, -0.05) is 35.9 Å². The number of ether oxygens (including phenoxy) is 1. The van der Waals surface area contributed by atoms with Gasteiger partial charge in [-0.2, -0.15) is 11.8 Å². The number of thioether (sulfide) groups is 1. The molecule has 2 aromatic carbocycles. The molecular weight excluding hydrogens is 337 g/mol. The lowest BCUT2D eigenvalue weighted by Gasteiger charge is -2.08. The van der Waals surface area contributed by atoms with E-state index in [2.05, 4.69) is 5.32 Å². The molecule has 0 aliphatic rings. The predicted octanol–water partition coefficient (Wildman–Crippen LogP) is 3.91. The SMILES string of the molecule is O=C(COc1ccccc1F)NCCSCc1cccc(Cl)c1. The zero-order chi connectivity index (χ0) is 16.5. The van der Waals surface area contributed by atoms with Crippen LogP contribution in [0.25, 0.3) is 0 Å². The van der Waals surface area contributed by atoms with Gasteiger partial charge in [0.15, 0.2) is 18.2 Å². The van der Waals surface area contributed by atoms with Crippen LogP contribution in [0.2, 0.25) is 5.02 Å². The molecule has 122 valence electrons. The molecule has 0 aliphatic carbocycles. The van der Waals surface area contributed by atoms with Crippen molar-refractivity contribution in [3.63, 3.8) is 0 Å². The van der Waals surface area contributed by atoms with Crippen LogP contribution in [0.1, 0.15) is 5.56 Å². The van der Waals surface area contributed by atoms with Crippen molar-refractivity contribution in [1.29, 1.82) is 0 Å². The van der Waals surface area contributed by atoms with Crippen molar-refractivity contribution >= 4 is 29.3 Å². The van der Waals surface area contributed by atoms with Crippen LogP contribution in [0.4, 0.5) is 4.39 Å². The van der Waals surface area contributed by atoms with E-state index in [4.69, 9.17) is 16.3 Å². The molecule has 2 rings (SSSR count). The zero-order valence-electron chi connectivity index (χ0n) is 12.4. The maximum atomic E-state index is 13.3. The van der Waals surface area contributed by atoms with Crippen molar-refractivity contribution in [2.75, 3.05) is 18.9 Å². The molecule has 0 bridgehead atoms. The second-order valence-corrected chi connectivity index (χ2v) is 6.29. The van der Waals surface area contributed by atoms with Crippen LogP contribution in [-0.4, -0.2) is 24.8 Å². The highest BCUT2D eigenvalue weighted by Gasteiger charge is 2.05. The van der Waals surface area contributed by atoms with Gasteiger partial charge in [-0.15, -0.1) is 0 Å². The van der Waals surface area contributed by atoms with Gasteiger partial charge in [-0.25, -0.2) is 4.39 Å². The Labute approximate surface area is 144 Å². The molecule has 3 nitrogen and oxygen atoms in total. The summed E-state index contributed by atoms with van der Waals surface area (Å²) in [5.41, 5.74) is 1.15. The molecule has 1 amide bonds. The number of hydrogen-bond acceptors (Lipinski definition) is 3. The number of benzene rings is 2. The standard InChI is InChI=1S/C17H17ClFNO2S/c18-14-5-3-4-13(10-14)12-23-9-8-20-17(21)11-22-16-7-2-1-6-15(16)19/h1-7,10H,8-9,11-12H2,(H,20,21). The van der Waals surface area contributed by atoms with Gasteiger partial charge < -0.3 is 10.1 Å². The van der Waals surface area contributed by atoms with E-state index >= 15 is 0 Å². The van der Waals surface area contributed by atoms with Gasteiger partial charge >= 0.3 is 0 Å². The van der Waals surface area contributed by atoms with E-state index < -0.39 is 5.82 Å². The normalized spacial score (nSPS) is 10.3. The van der Waals surface area contributed by atoms with E-state index in [0.29, 0.717) is 6.54 Å². The molecule has 0 aliphatic heterocycles. The Morgan fingerprint density at radius 3 is 2.83 bits per heavy atom. The van der Waals surface area contributed by atoms with E-state index in [9.17, 15) is 9.18 Å². The van der Waals surface area contributed by atoms with Crippen LogP contribution >= 0.6 is 23.4 Å². The van der Waals surface area contributed by atoms with Crippen LogP contribution in [0.5, 0.6) is 5.75 Å². The number of amides is 1. The van der Waals surface area contributed by atoms with Gasteiger partial charge in [0.1, 0.15) is 0 Å². The summed E-state index contributed by atoms with van der Waals surface area (Å²) in [6.07, 6.45) is 0. The van der Waals surface area contributed by atoms with Gasteiger partial charge in [-0.3, -0.25) is 4.79 Å². The van der Waals surface area contributed by atoms with Crippen LogP contribution in [0.15, 0.2) is 48.5 Å². The summed E-state index contributed by atoms with van der Waals surface area (Å²) in [5, 5.41) is 3.46. The summed E-state index contributed by atoms with van der Waals surface area (Å²) in [6, 6.07) is 13.7. The van der Waals surface area contributed by atoms with Crippen LogP contribution in [0, 0.1) is 5.82 Å². The molecule has 0 aromatic heterocycles. The summed E-state index contributed by atoms with van der Waals surface area (Å²) < 4.78 is 18.4. The van der Waals surface area contributed by atoms with Crippen molar-refractivity contribution in [1.82, 2.24) is 5.32 Å². The molecule has 23 heavy (non-hydrogen) atoms. The highest BCUT2D eigenvalue weighted by Crippen LogP contribution is 2.16. The molecule has 0 saturated heterocycles. The Kier molecular flexibility index (Phi) is 7.23. The van der Waals surface area contributed by atoms with Gasteiger partial charge in [0, 0.05) is 23.1 Å². The summed E-state index contributed by atoms with van der Waals surface area (Å²) in [6.45, 7) is 0.338. The maximum Gasteiger partial charge on any atom is 0.257 e. The Morgan fingerprint density at radius 1 is 1.22 bits per heavy atom. The zero-order valence-corrected chi connectivity index (χ0v) is 14.0. The first kappa shape index (κ1) is 17.6. The van der Waals surface area contributed by atoms with E-state index in [-0.39, 0.29) is 18.3 Å². The van der Waals surface area contributed by atoms with Crippen LogP contribution in [0.3, 0.4) is 0 Å². The molecule has 1 N–H and O–H groups in total. The smallest absolute Gasteiger partial charge is 0.257 e. The number of nitrogens with one attached hydrogen (secondary N) is 1. The minimum atomic E-state index is -0.475. The fourth-order valence-corrected chi connectivity index (χ4v) is 2.85. The average molecular weight is 354 g/mol. The highest BCUT2D eigenvalue weighted by atomic mass is 35.5. The van der Waals surface area contributed by atoms with E-state index in [1.807, 2.05) is 24.3 Å². The fourth-order valence-electron chi connectivity index (χ4n) is 1.84. The lowest BCUT2D eigenvalue weighted by molar-refractivity contribution is -0.123. The number of halogens is 2. The molecule has 0 fully saturated rings. The quantitative estimate of drug-likeness (QED) is 0.731. The number of hydrogen-bond donors (Lipinski definition) is 1. The Bertz CT molecular complexity index is 654. The number of carbonyl (C=O) groups is 1. The second kappa shape index (κ2) is 9.43. The van der Waals surface area contributed by atoms with Crippen molar-refractivity contribution in [2.24, 2.45) is 0 Å². The Balaban J connectivity index is 1.59. The third-order valence-corrected chi connectivity index (χ3v) is 4.19. The number of carbonyl (C=O) groups excluding carboxylic acids is 1. The molecule has 0 unspecified atom stereocenters. The van der Waals surface area contributed by atoms with Crippen molar-refractivity contribution in [3.05, 3.63) is 64.9 Å². The first-order chi connectivity index (χ1) is 11.1. The van der Waals surface area contributed by atoms with E-state index in [1.54, 1.807) is 23.9 Å². The Hall–Kier alpha value is -1.72. The van der Waals surface area contributed by atoms with Gasteiger partial charge in [0.2, 0.25) is 0 Å². The third-order valence-electron chi connectivity index (χ3n) is 2.92. The minimum absolute atomic E-state index is 0.0815. The summed E-state index contributed by atoms with van der Waals surface area (Å²) in [5.74, 6) is 0.951. The number of rotatable bonds is 8. The molecule has 0 heterocycles. The highest BCUT2D eigenvalue weighted by molar-refractivity contribution is 7.98. The largest absolute Gasteiger partial charge is 0.481 e. The van der Waals surface area contributed by atoms with Gasteiger partial charge in [0.25, 0.3) is 5.91 Å². The lowest BCUT2D eigenvalue weighted by atomic mass is 10.2. The Morgan fingerprint density at radius 2 is 2.04 bits per heavy atom. The van der Waals surface area contributed by atoms with Crippen LogP contribution < -0.4 is 10.1 Å². The maximum absolute atomic E-state index is 13.3. The van der Waals surface area contributed by atoms with Gasteiger partial charge in [-0.05, 0) is 29.8 Å². The van der Waals surface area contributed by atoms with Crippen molar-refractivity contribution in [3.8, 4) is 5.75 Å². The average Bonchev–Trinajstić information content (AvgIpc) is 2.54. The number of para-hydroxylation sites is 1. The molecule has 2 aromatic rings. The molecule has 0 radical (unpaired) electrons. The third kappa shape index (κ3) is 6.50. The molecule has 6 heteroatoms. The molecular formula is C17H17ClFNO2S.